The van der Waals surface area contributed by atoms with Gasteiger partial charge in [-0.2, -0.15) is 0 Å². The third-order valence-corrected chi connectivity index (χ3v) is 10.1. The maximum Gasteiger partial charge on any atom is 0.0561 e. The molecule has 0 saturated heterocycles. The van der Waals surface area contributed by atoms with Gasteiger partial charge in [-0.3, -0.25) is 0 Å². The standard InChI is InChI=1S/C48H32N2/c1-3-13-33(14-4-1)41-19-9-11-21-46(41)49(37-25-29-40-35(31-37)24-28-42-39-18-8-7-15-34(39)23-27-43(40)42)38-26-30-45-44-20-10-12-22-47(44)50(48(45)32-38)36-16-5-2-6-17-36/h1-32H. The Morgan fingerprint density at radius 3 is 1.72 bits per heavy atom. The molecular formula is C48H32N2. The van der Waals surface area contributed by atoms with Crippen LogP contribution in [0.15, 0.2) is 194 Å². The van der Waals surface area contributed by atoms with Crippen LogP contribution in [0.4, 0.5) is 17.1 Å². The summed E-state index contributed by atoms with van der Waals surface area (Å²) < 4.78 is 2.40. The zero-order chi connectivity index (χ0) is 33.0. The van der Waals surface area contributed by atoms with Crippen LogP contribution in [0.5, 0.6) is 0 Å². The fourth-order valence-electron chi connectivity index (χ4n) is 7.87. The lowest BCUT2D eigenvalue weighted by Gasteiger charge is -2.28. The number of benzene rings is 9. The molecule has 0 amide bonds. The van der Waals surface area contributed by atoms with E-state index in [4.69, 9.17) is 0 Å². The van der Waals surface area contributed by atoms with Gasteiger partial charge >= 0.3 is 0 Å². The summed E-state index contributed by atoms with van der Waals surface area (Å²) in [5, 5.41) is 10.1. The monoisotopic (exact) mass is 636 g/mol. The van der Waals surface area contributed by atoms with E-state index in [0.717, 1.165) is 22.7 Å². The van der Waals surface area contributed by atoms with E-state index in [0.29, 0.717) is 0 Å². The van der Waals surface area contributed by atoms with E-state index < -0.39 is 0 Å². The van der Waals surface area contributed by atoms with Crippen molar-refractivity contribution in [3.8, 4) is 16.8 Å². The highest BCUT2D eigenvalue weighted by molar-refractivity contribution is 6.18. The van der Waals surface area contributed by atoms with Gasteiger partial charge in [0.15, 0.2) is 0 Å². The summed E-state index contributed by atoms with van der Waals surface area (Å²) in [6, 6.07) is 70.5. The lowest BCUT2D eigenvalue weighted by molar-refractivity contribution is 1.18. The molecule has 2 nitrogen and oxygen atoms in total. The summed E-state index contributed by atoms with van der Waals surface area (Å²) in [6.07, 6.45) is 0. The fraction of sp³-hybridized carbons (Fsp3) is 0. The molecule has 1 heterocycles. The zero-order valence-corrected chi connectivity index (χ0v) is 27.4. The van der Waals surface area contributed by atoms with Crippen LogP contribution in [0.3, 0.4) is 0 Å². The SMILES string of the molecule is c1ccc(-c2ccccc2N(c2ccc3c(ccc4c5ccccc5ccc34)c2)c2ccc3c4ccccc4n(-c4ccccc4)c3c2)cc1. The molecule has 50 heavy (non-hydrogen) atoms. The minimum absolute atomic E-state index is 1.10. The third kappa shape index (κ3) is 4.50. The number of anilines is 3. The largest absolute Gasteiger partial charge is 0.310 e. The van der Waals surface area contributed by atoms with Crippen LogP contribution in [0.2, 0.25) is 0 Å². The Hall–Kier alpha value is -6.64. The van der Waals surface area contributed by atoms with Crippen molar-refractivity contribution in [1.82, 2.24) is 4.57 Å². The van der Waals surface area contributed by atoms with E-state index in [1.165, 1.54) is 65.3 Å². The second-order valence-electron chi connectivity index (χ2n) is 13.0. The molecule has 1 aromatic heterocycles. The van der Waals surface area contributed by atoms with Gasteiger partial charge in [0.1, 0.15) is 0 Å². The van der Waals surface area contributed by atoms with Crippen LogP contribution < -0.4 is 4.90 Å². The summed E-state index contributed by atoms with van der Waals surface area (Å²) in [6.45, 7) is 0. The fourth-order valence-corrected chi connectivity index (χ4v) is 7.87. The topological polar surface area (TPSA) is 8.17 Å². The van der Waals surface area contributed by atoms with Crippen molar-refractivity contribution in [2.75, 3.05) is 4.90 Å². The number of hydrogen-bond acceptors (Lipinski definition) is 1. The van der Waals surface area contributed by atoms with E-state index in [1.54, 1.807) is 0 Å². The van der Waals surface area contributed by atoms with Gasteiger partial charge < -0.3 is 9.47 Å². The third-order valence-electron chi connectivity index (χ3n) is 10.1. The average Bonchev–Trinajstić information content (AvgIpc) is 3.52. The molecule has 0 aliphatic heterocycles. The van der Waals surface area contributed by atoms with Gasteiger partial charge in [0.25, 0.3) is 0 Å². The minimum atomic E-state index is 1.10. The van der Waals surface area contributed by atoms with Crippen LogP contribution in [-0.4, -0.2) is 4.57 Å². The van der Waals surface area contributed by atoms with Crippen molar-refractivity contribution >= 4 is 71.2 Å². The molecule has 0 unspecified atom stereocenters. The number of rotatable bonds is 5. The molecule has 0 N–H and O–H groups in total. The lowest BCUT2D eigenvalue weighted by atomic mass is 9.96. The quantitative estimate of drug-likeness (QED) is 0.171. The van der Waals surface area contributed by atoms with E-state index in [1.807, 2.05) is 0 Å². The van der Waals surface area contributed by atoms with Crippen molar-refractivity contribution in [2.24, 2.45) is 0 Å². The summed E-state index contributed by atoms with van der Waals surface area (Å²) in [5.74, 6) is 0. The molecule has 0 radical (unpaired) electrons. The van der Waals surface area contributed by atoms with Crippen LogP contribution in [0.25, 0.3) is 70.9 Å². The molecule has 0 atom stereocenters. The lowest BCUT2D eigenvalue weighted by Crippen LogP contribution is -2.11. The van der Waals surface area contributed by atoms with Crippen molar-refractivity contribution < 1.29 is 0 Å². The predicted octanol–water partition coefficient (Wildman–Crippen LogP) is 13.4. The number of fused-ring (bicyclic) bond motifs is 8. The zero-order valence-electron chi connectivity index (χ0n) is 27.4. The number of aromatic nitrogens is 1. The van der Waals surface area contributed by atoms with Crippen LogP contribution in [0, 0.1) is 0 Å². The smallest absolute Gasteiger partial charge is 0.0561 e. The summed E-state index contributed by atoms with van der Waals surface area (Å²) >= 11 is 0. The van der Waals surface area contributed by atoms with Gasteiger partial charge in [-0.25, -0.2) is 0 Å². The highest BCUT2D eigenvalue weighted by atomic mass is 15.1. The maximum absolute atomic E-state index is 2.43. The van der Waals surface area contributed by atoms with Crippen LogP contribution >= 0.6 is 0 Å². The van der Waals surface area contributed by atoms with Crippen molar-refractivity contribution in [2.45, 2.75) is 0 Å². The Morgan fingerprint density at radius 2 is 0.900 bits per heavy atom. The van der Waals surface area contributed by atoms with E-state index in [2.05, 4.69) is 204 Å². The molecule has 10 rings (SSSR count). The minimum Gasteiger partial charge on any atom is -0.310 e. The molecule has 0 aliphatic rings. The van der Waals surface area contributed by atoms with Gasteiger partial charge in [-0.05, 0) is 86.4 Å². The van der Waals surface area contributed by atoms with E-state index >= 15 is 0 Å². The summed E-state index contributed by atoms with van der Waals surface area (Å²) in [4.78, 5) is 2.43. The van der Waals surface area contributed by atoms with Gasteiger partial charge in [-0.15, -0.1) is 0 Å². The number of para-hydroxylation sites is 3. The first-order valence-electron chi connectivity index (χ1n) is 17.2. The Bertz CT molecular complexity index is 2870. The normalized spacial score (nSPS) is 11.6. The van der Waals surface area contributed by atoms with E-state index in [-0.39, 0.29) is 0 Å². The molecule has 0 fully saturated rings. The Morgan fingerprint density at radius 1 is 0.340 bits per heavy atom. The molecule has 0 spiro atoms. The first kappa shape index (κ1) is 28.4. The molecule has 9 aromatic carbocycles. The van der Waals surface area contributed by atoms with Gasteiger partial charge in [-0.1, -0.05) is 146 Å². The Balaban J connectivity index is 1.24. The molecule has 0 saturated carbocycles. The Labute approximate surface area is 290 Å². The molecule has 10 aromatic rings. The molecule has 234 valence electrons. The highest BCUT2D eigenvalue weighted by Crippen LogP contribution is 2.44. The number of nitrogens with zero attached hydrogens (tertiary/aromatic N) is 2. The average molecular weight is 637 g/mol. The predicted molar refractivity (Wildman–Crippen MR) is 213 cm³/mol. The van der Waals surface area contributed by atoms with E-state index in [9.17, 15) is 0 Å². The highest BCUT2D eigenvalue weighted by Gasteiger charge is 2.20. The number of hydrogen-bond donors (Lipinski definition) is 0. The Kier molecular flexibility index (Phi) is 6.53. The summed E-state index contributed by atoms with van der Waals surface area (Å²) in [7, 11) is 0. The van der Waals surface area contributed by atoms with Gasteiger partial charge in [0.2, 0.25) is 0 Å². The van der Waals surface area contributed by atoms with Crippen LogP contribution in [0.1, 0.15) is 0 Å². The van der Waals surface area contributed by atoms with Crippen molar-refractivity contribution in [3.63, 3.8) is 0 Å². The summed E-state index contributed by atoms with van der Waals surface area (Å²) in [5.41, 5.74) is 9.24. The van der Waals surface area contributed by atoms with Crippen molar-refractivity contribution in [1.29, 1.82) is 0 Å². The first-order chi connectivity index (χ1) is 24.8. The molecule has 2 heteroatoms. The van der Waals surface area contributed by atoms with Crippen molar-refractivity contribution in [3.05, 3.63) is 194 Å². The molecular weight excluding hydrogens is 605 g/mol. The van der Waals surface area contributed by atoms with Crippen LogP contribution in [-0.2, 0) is 0 Å². The molecule has 0 bridgehead atoms. The van der Waals surface area contributed by atoms with Gasteiger partial charge in [0, 0.05) is 33.4 Å². The molecule has 0 aliphatic carbocycles. The second-order valence-corrected chi connectivity index (χ2v) is 13.0. The first-order valence-corrected chi connectivity index (χ1v) is 17.2. The maximum atomic E-state index is 2.43. The van der Waals surface area contributed by atoms with Gasteiger partial charge in [0.05, 0.1) is 16.7 Å². The second kappa shape index (κ2) is 11.5.